The summed E-state index contributed by atoms with van der Waals surface area (Å²) in [7, 11) is 0. The standard InChI is InChI=1S/C30H34F6N4O.ClH/c1-3-39(16-20-7-4-5-8-20)27-14-23-10-6-9-22(23)13-24(27)18-40(28-38-37-19(2)41-28)17-21-11-25(29(31,32)33)15-26(12-21)30(34,35)36;/h11-15,20H,3-10,16-18H2,1-2H3;1H. The summed E-state index contributed by atoms with van der Waals surface area (Å²) < 4.78 is 87.2. The number of hydrogen-bond donors (Lipinski definition) is 0. The van der Waals surface area contributed by atoms with Crippen LogP contribution < -0.4 is 9.80 Å². The Bertz CT molecular complexity index is 1330. The summed E-state index contributed by atoms with van der Waals surface area (Å²) >= 11 is 0. The molecule has 0 aliphatic heterocycles. The second-order valence-electron chi connectivity index (χ2n) is 11.2. The van der Waals surface area contributed by atoms with Crippen LogP contribution in [0, 0.1) is 12.8 Å². The van der Waals surface area contributed by atoms with Gasteiger partial charge in [-0.2, -0.15) is 26.3 Å². The molecule has 230 valence electrons. The first-order valence-electron chi connectivity index (χ1n) is 14.1. The second kappa shape index (κ2) is 12.7. The number of anilines is 2. The summed E-state index contributed by atoms with van der Waals surface area (Å²) in [5.41, 5.74) is 1.64. The van der Waals surface area contributed by atoms with Crippen LogP contribution in [0.2, 0.25) is 0 Å². The molecule has 12 heteroatoms. The van der Waals surface area contributed by atoms with Crippen LogP contribution in [0.3, 0.4) is 0 Å². The van der Waals surface area contributed by atoms with Crippen LogP contribution in [0.15, 0.2) is 34.7 Å². The fourth-order valence-corrected chi connectivity index (χ4v) is 6.13. The largest absolute Gasteiger partial charge is 0.416 e. The monoisotopic (exact) mass is 616 g/mol. The summed E-state index contributed by atoms with van der Waals surface area (Å²) in [5.74, 6) is 0.840. The van der Waals surface area contributed by atoms with Gasteiger partial charge in [-0.05, 0) is 91.5 Å². The van der Waals surface area contributed by atoms with Gasteiger partial charge in [0.15, 0.2) is 0 Å². The Morgan fingerprint density at radius 2 is 1.43 bits per heavy atom. The topological polar surface area (TPSA) is 45.4 Å². The minimum Gasteiger partial charge on any atom is -0.408 e. The third-order valence-electron chi connectivity index (χ3n) is 8.14. The Labute approximate surface area is 247 Å². The molecule has 0 saturated heterocycles. The predicted molar refractivity (Wildman–Crippen MR) is 151 cm³/mol. The van der Waals surface area contributed by atoms with Crippen LogP contribution in [-0.4, -0.2) is 23.3 Å². The van der Waals surface area contributed by atoms with E-state index in [4.69, 9.17) is 4.42 Å². The van der Waals surface area contributed by atoms with Gasteiger partial charge in [-0.15, -0.1) is 17.5 Å². The molecule has 2 aliphatic rings. The van der Waals surface area contributed by atoms with Crippen molar-refractivity contribution in [3.8, 4) is 0 Å². The molecule has 0 bridgehead atoms. The summed E-state index contributed by atoms with van der Waals surface area (Å²) in [4.78, 5) is 3.92. The molecule has 0 atom stereocenters. The minimum atomic E-state index is -4.93. The molecule has 2 aliphatic carbocycles. The molecule has 3 aromatic rings. The molecule has 1 aromatic heterocycles. The quantitative estimate of drug-likeness (QED) is 0.225. The van der Waals surface area contributed by atoms with Crippen LogP contribution in [0.5, 0.6) is 0 Å². The molecule has 1 saturated carbocycles. The van der Waals surface area contributed by atoms with Gasteiger partial charge < -0.3 is 14.2 Å². The number of aryl methyl sites for hydroxylation is 3. The number of rotatable bonds is 9. The number of benzene rings is 2. The Hall–Kier alpha value is -2.95. The van der Waals surface area contributed by atoms with E-state index in [9.17, 15) is 26.3 Å². The van der Waals surface area contributed by atoms with E-state index in [1.165, 1.54) is 36.8 Å². The lowest BCUT2D eigenvalue weighted by molar-refractivity contribution is -0.143. The van der Waals surface area contributed by atoms with Gasteiger partial charge in [0, 0.05) is 38.8 Å². The summed E-state index contributed by atoms with van der Waals surface area (Å²) in [6, 6.07) is 6.06. The number of hydrogen-bond acceptors (Lipinski definition) is 5. The van der Waals surface area contributed by atoms with Crippen LogP contribution in [0.1, 0.15) is 78.3 Å². The van der Waals surface area contributed by atoms with Crippen molar-refractivity contribution in [2.45, 2.75) is 84.2 Å². The zero-order valence-corrected chi connectivity index (χ0v) is 24.4. The number of halogens is 7. The van der Waals surface area contributed by atoms with Gasteiger partial charge in [-0.3, -0.25) is 0 Å². The molecule has 5 rings (SSSR count). The highest BCUT2D eigenvalue weighted by molar-refractivity contribution is 5.85. The van der Waals surface area contributed by atoms with Crippen LogP contribution in [-0.2, 0) is 38.3 Å². The number of fused-ring (bicyclic) bond motifs is 1. The van der Waals surface area contributed by atoms with E-state index in [0.717, 1.165) is 55.7 Å². The van der Waals surface area contributed by atoms with Crippen molar-refractivity contribution < 1.29 is 30.8 Å². The molecular weight excluding hydrogens is 582 g/mol. The smallest absolute Gasteiger partial charge is 0.408 e. The maximum Gasteiger partial charge on any atom is 0.416 e. The Morgan fingerprint density at radius 1 is 0.810 bits per heavy atom. The van der Waals surface area contributed by atoms with Crippen molar-refractivity contribution in [3.63, 3.8) is 0 Å². The molecule has 1 fully saturated rings. The van der Waals surface area contributed by atoms with Crippen LogP contribution in [0.25, 0.3) is 0 Å². The summed E-state index contributed by atoms with van der Waals surface area (Å²) in [6.07, 6.45) is -2.10. The van der Waals surface area contributed by atoms with E-state index in [-0.39, 0.29) is 49.0 Å². The molecule has 0 amide bonds. The lowest BCUT2D eigenvalue weighted by atomic mass is 10.0. The first-order chi connectivity index (χ1) is 19.4. The average molecular weight is 617 g/mol. The molecular formula is C30H35ClF6N4O. The Kier molecular flexibility index (Phi) is 9.69. The minimum absolute atomic E-state index is 0. The molecule has 0 spiro atoms. The van der Waals surface area contributed by atoms with E-state index < -0.39 is 23.5 Å². The van der Waals surface area contributed by atoms with Gasteiger partial charge in [0.1, 0.15) is 0 Å². The second-order valence-corrected chi connectivity index (χ2v) is 11.2. The van der Waals surface area contributed by atoms with E-state index >= 15 is 0 Å². The van der Waals surface area contributed by atoms with Crippen molar-refractivity contribution in [1.82, 2.24) is 10.2 Å². The van der Waals surface area contributed by atoms with Crippen molar-refractivity contribution in [1.29, 1.82) is 0 Å². The van der Waals surface area contributed by atoms with Crippen molar-refractivity contribution >= 4 is 24.1 Å². The molecule has 0 N–H and O–H groups in total. The van der Waals surface area contributed by atoms with Gasteiger partial charge in [0.2, 0.25) is 5.89 Å². The van der Waals surface area contributed by atoms with E-state index in [2.05, 4.69) is 34.2 Å². The molecule has 42 heavy (non-hydrogen) atoms. The third kappa shape index (κ3) is 7.33. The molecule has 0 radical (unpaired) electrons. The maximum absolute atomic E-state index is 13.6. The van der Waals surface area contributed by atoms with Crippen molar-refractivity contribution in [2.75, 3.05) is 22.9 Å². The zero-order valence-electron chi connectivity index (χ0n) is 23.6. The van der Waals surface area contributed by atoms with Gasteiger partial charge in [0.25, 0.3) is 0 Å². The number of alkyl halides is 6. The van der Waals surface area contributed by atoms with E-state index in [0.29, 0.717) is 5.92 Å². The average Bonchev–Trinajstić information content (AvgIpc) is 3.67. The van der Waals surface area contributed by atoms with Crippen LogP contribution >= 0.6 is 12.4 Å². The summed E-state index contributed by atoms with van der Waals surface area (Å²) in [5, 5.41) is 7.96. The highest BCUT2D eigenvalue weighted by Gasteiger charge is 2.37. The number of aromatic nitrogens is 2. The van der Waals surface area contributed by atoms with Crippen molar-refractivity contribution in [3.05, 3.63) is 69.6 Å². The van der Waals surface area contributed by atoms with E-state index in [1.807, 2.05) is 0 Å². The predicted octanol–water partition coefficient (Wildman–Crippen LogP) is 8.55. The molecule has 5 nitrogen and oxygen atoms in total. The lowest BCUT2D eigenvalue weighted by Gasteiger charge is -2.31. The zero-order chi connectivity index (χ0) is 29.4. The van der Waals surface area contributed by atoms with Crippen LogP contribution in [0.4, 0.5) is 38.0 Å². The third-order valence-corrected chi connectivity index (χ3v) is 8.14. The van der Waals surface area contributed by atoms with E-state index in [1.54, 1.807) is 11.8 Å². The fraction of sp³-hybridized carbons (Fsp3) is 0.533. The molecule has 1 heterocycles. The van der Waals surface area contributed by atoms with Crippen molar-refractivity contribution in [2.24, 2.45) is 5.92 Å². The normalized spacial score (nSPS) is 15.5. The van der Waals surface area contributed by atoms with Gasteiger partial charge in [0.05, 0.1) is 11.1 Å². The highest BCUT2D eigenvalue weighted by atomic mass is 35.5. The Balaban J connectivity index is 0.00000405. The number of nitrogens with zero attached hydrogens (tertiary/aromatic N) is 4. The first kappa shape index (κ1) is 32.0. The van der Waals surface area contributed by atoms with Gasteiger partial charge >= 0.3 is 18.4 Å². The summed E-state index contributed by atoms with van der Waals surface area (Å²) in [6.45, 7) is 5.28. The first-order valence-corrected chi connectivity index (χ1v) is 14.1. The molecule has 2 aromatic carbocycles. The highest BCUT2D eigenvalue weighted by Crippen LogP contribution is 2.38. The lowest BCUT2D eigenvalue weighted by Crippen LogP contribution is -2.31. The molecule has 0 unspecified atom stereocenters. The van der Waals surface area contributed by atoms with Gasteiger partial charge in [-0.25, -0.2) is 0 Å². The maximum atomic E-state index is 13.6. The Morgan fingerprint density at radius 3 is 1.98 bits per heavy atom. The fourth-order valence-electron chi connectivity index (χ4n) is 6.13. The van der Waals surface area contributed by atoms with Gasteiger partial charge in [-0.1, -0.05) is 24.0 Å². The SMILES string of the molecule is CCN(CC1CCCC1)c1cc2c(cc1CN(Cc1cc(C(F)(F)F)cc(C(F)(F)F)c1)c1nnc(C)o1)CCC2.Cl.